The monoisotopic (exact) mass is 312 g/mol. The van der Waals surface area contributed by atoms with E-state index in [9.17, 15) is 0 Å². The molecule has 0 radical (unpaired) electrons. The second kappa shape index (κ2) is 7.41. The fourth-order valence-corrected chi connectivity index (χ4v) is 3.29. The van der Waals surface area contributed by atoms with Gasteiger partial charge in [-0.2, -0.15) is 4.98 Å². The molecule has 1 fully saturated rings. The summed E-state index contributed by atoms with van der Waals surface area (Å²) in [5, 5.41) is 0.400. The van der Waals surface area contributed by atoms with Gasteiger partial charge in [-0.1, -0.05) is 38.8 Å². The first kappa shape index (κ1) is 16.5. The quantitative estimate of drug-likeness (QED) is 0.767. The van der Waals surface area contributed by atoms with Crippen LogP contribution in [0.25, 0.3) is 0 Å². The smallest absolute Gasteiger partial charge is 0.218 e. The van der Waals surface area contributed by atoms with Gasteiger partial charge in [0.05, 0.1) is 0 Å². The van der Waals surface area contributed by atoms with Gasteiger partial charge >= 0.3 is 0 Å². The van der Waals surface area contributed by atoms with E-state index in [4.69, 9.17) is 21.1 Å². The van der Waals surface area contributed by atoms with Crippen LogP contribution in [-0.2, 0) is 11.3 Å². The van der Waals surface area contributed by atoms with E-state index in [2.05, 4.69) is 30.7 Å². The number of ether oxygens (including phenoxy) is 2. The van der Waals surface area contributed by atoms with E-state index in [1.165, 1.54) is 12.8 Å². The molecule has 3 atom stereocenters. The zero-order valence-electron chi connectivity index (χ0n) is 13.3. The summed E-state index contributed by atoms with van der Waals surface area (Å²) in [4.78, 5) is 8.53. The Labute approximate surface area is 132 Å². The lowest BCUT2D eigenvalue weighted by atomic mass is 9.75. The predicted octanol–water partition coefficient (Wildman–Crippen LogP) is 4.12. The topological polar surface area (TPSA) is 44.2 Å². The average molecular weight is 313 g/mol. The fraction of sp³-hybridized carbons (Fsp3) is 0.750. The first-order valence-electron chi connectivity index (χ1n) is 7.68. The van der Waals surface area contributed by atoms with Gasteiger partial charge in [0, 0.05) is 13.2 Å². The van der Waals surface area contributed by atoms with Crippen molar-refractivity contribution in [3.63, 3.8) is 0 Å². The van der Waals surface area contributed by atoms with Gasteiger partial charge in [-0.25, -0.2) is 4.98 Å². The van der Waals surface area contributed by atoms with Gasteiger partial charge in [-0.15, -0.1) is 0 Å². The van der Waals surface area contributed by atoms with Crippen molar-refractivity contribution >= 4 is 11.6 Å². The summed E-state index contributed by atoms with van der Waals surface area (Å²) >= 11 is 6.04. The van der Waals surface area contributed by atoms with Crippen LogP contribution in [0.4, 0.5) is 0 Å². The lowest BCUT2D eigenvalue weighted by Gasteiger charge is -2.37. The molecule has 5 heteroatoms. The number of hydrogen-bond donors (Lipinski definition) is 0. The van der Waals surface area contributed by atoms with Crippen molar-refractivity contribution in [1.82, 2.24) is 9.97 Å². The first-order chi connectivity index (χ1) is 9.99. The van der Waals surface area contributed by atoms with Crippen LogP contribution in [-0.4, -0.2) is 23.2 Å². The summed E-state index contributed by atoms with van der Waals surface area (Å²) in [6.07, 6.45) is 3.77. The van der Waals surface area contributed by atoms with E-state index in [-0.39, 0.29) is 6.10 Å². The summed E-state index contributed by atoms with van der Waals surface area (Å²) in [6, 6.07) is 1.69. The van der Waals surface area contributed by atoms with Crippen molar-refractivity contribution in [2.45, 2.75) is 52.7 Å². The SMILES string of the molecule is COCc1nc(Cl)cc(OC2CC(C)CCC2C(C)C)n1. The Morgan fingerprint density at radius 3 is 2.76 bits per heavy atom. The van der Waals surface area contributed by atoms with Crippen LogP contribution in [0.1, 0.15) is 45.9 Å². The van der Waals surface area contributed by atoms with Crippen LogP contribution >= 0.6 is 11.6 Å². The maximum absolute atomic E-state index is 6.18. The van der Waals surface area contributed by atoms with Crippen molar-refractivity contribution in [1.29, 1.82) is 0 Å². The Kier molecular flexibility index (Phi) is 5.82. The third-order valence-corrected chi connectivity index (χ3v) is 4.42. The molecule has 0 spiro atoms. The second-order valence-electron chi connectivity index (χ2n) is 6.36. The Bertz CT molecular complexity index is 468. The highest BCUT2D eigenvalue weighted by Gasteiger charge is 2.32. The lowest BCUT2D eigenvalue weighted by Crippen LogP contribution is -2.36. The molecule has 3 unspecified atom stereocenters. The van der Waals surface area contributed by atoms with Gasteiger partial charge in [0.25, 0.3) is 0 Å². The third kappa shape index (κ3) is 4.55. The molecule has 4 nitrogen and oxygen atoms in total. The van der Waals surface area contributed by atoms with E-state index in [1.54, 1.807) is 13.2 Å². The molecule has 1 aromatic rings. The first-order valence-corrected chi connectivity index (χ1v) is 8.06. The normalized spacial score (nSPS) is 26.1. The van der Waals surface area contributed by atoms with Gasteiger partial charge < -0.3 is 9.47 Å². The van der Waals surface area contributed by atoms with E-state index < -0.39 is 0 Å². The molecule has 0 aromatic carbocycles. The van der Waals surface area contributed by atoms with Crippen molar-refractivity contribution in [2.75, 3.05) is 7.11 Å². The number of rotatable bonds is 5. The van der Waals surface area contributed by atoms with Gasteiger partial charge in [0.15, 0.2) is 5.82 Å². The number of hydrogen-bond acceptors (Lipinski definition) is 4. The molecule has 0 aliphatic heterocycles. The molecular weight excluding hydrogens is 288 g/mol. The fourth-order valence-electron chi connectivity index (χ4n) is 3.10. The summed E-state index contributed by atoms with van der Waals surface area (Å²) in [6.45, 7) is 7.16. The summed E-state index contributed by atoms with van der Waals surface area (Å²) in [5.74, 6) is 3.00. The van der Waals surface area contributed by atoms with Crippen LogP contribution in [0.15, 0.2) is 6.07 Å². The number of nitrogens with zero attached hydrogens (tertiary/aromatic N) is 2. The Morgan fingerprint density at radius 2 is 2.10 bits per heavy atom. The summed E-state index contributed by atoms with van der Waals surface area (Å²) in [5.41, 5.74) is 0. The second-order valence-corrected chi connectivity index (χ2v) is 6.75. The largest absolute Gasteiger partial charge is 0.474 e. The van der Waals surface area contributed by atoms with Crippen LogP contribution in [0, 0.1) is 17.8 Å². The molecule has 1 aliphatic carbocycles. The standard InChI is InChI=1S/C16H25ClN2O2/c1-10(2)12-6-5-11(3)7-13(12)21-16-8-14(17)18-15(19-16)9-20-4/h8,10-13H,5-7,9H2,1-4H3. The number of aromatic nitrogens is 2. The molecule has 1 heterocycles. The predicted molar refractivity (Wildman–Crippen MR) is 83.5 cm³/mol. The molecule has 1 aliphatic rings. The Morgan fingerprint density at radius 1 is 1.33 bits per heavy atom. The summed E-state index contributed by atoms with van der Waals surface area (Å²) in [7, 11) is 1.61. The summed E-state index contributed by atoms with van der Waals surface area (Å²) < 4.78 is 11.2. The number of methoxy groups -OCH3 is 1. The Balaban J connectivity index is 2.14. The van der Waals surface area contributed by atoms with Crippen LogP contribution in [0.2, 0.25) is 5.15 Å². The molecule has 0 saturated heterocycles. The van der Waals surface area contributed by atoms with Gasteiger partial charge in [-0.3, -0.25) is 0 Å². The zero-order valence-corrected chi connectivity index (χ0v) is 14.1. The average Bonchev–Trinajstić information content (AvgIpc) is 2.38. The van der Waals surface area contributed by atoms with E-state index in [0.29, 0.717) is 41.2 Å². The molecule has 0 amide bonds. The molecular formula is C16H25ClN2O2. The minimum atomic E-state index is 0.204. The van der Waals surface area contributed by atoms with E-state index in [0.717, 1.165) is 6.42 Å². The zero-order chi connectivity index (χ0) is 15.4. The maximum atomic E-state index is 6.18. The van der Waals surface area contributed by atoms with Crippen molar-refractivity contribution in [3.05, 3.63) is 17.0 Å². The minimum absolute atomic E-state index is 0.204. The molecule has 1 saturated carbocycles. The third-order valence-electron chi connectivity index (χ3n) is 4.22. The van der Waals surface area contributed by atoms with E-state index >= 15 is 0 Å². The van der Waals surface area contributed by atoms with Crippen LogP contribution < -0.4 is 4.74 Å². The highest BCUT2D eigenvalue weighted by atomic mass is 35.5. The van der Waals surface area contributed by atoms with Crippen molar-refractivity contribution < 1.29 is 9.47 Å². The van der Waals surface area contributed by atoms with Gasteiger partial charge in [0.1, 0.15) is 17.9 Å². The Hall–Kier alpha value is -0.870. The van der Waals surface area contributed by atoms with Crippen molar-refractivity contribution in [2.24, 2.45) is 17.8 Å². The van der Waals surface area contributed by atoms with Crippen LogP contribution in [0.3, 0.4) is 0 Å². The maximum Gasteiger partial charge on any atom is 0.218 e. The lowest BCUT2D eigenvalue weighted by molar-refractivity contribution is 0.0420. The van der Waals surface area contributed by atoms with Gasteiger partial charge in [-0.05, 0) is 30.6 Å². The number of halogens is 1. The molecule has 1 aromatic heterocycles. The molecule has 21 heavy (non-hydrogen) atoms. The van der Waals surface area contributed by atoms with Gasteiger partial charge in [0.2, 0.25) is 5.88 Å². The highest BCUT2D eigenvalue weighted by Crippen LogP contribution is 2.35. The highest BCUT2D eigenvalue weighted by molar-refractivity contribution is 6.29. The molecule has 0 bridgehead atoms. The molecule has 0 N–H and O–H groups in total. The van der Waals surface area contributed by atoms with Crippen molar-refractivity contribution in [3.8, 4) is 5.88 Å². The van der Waals surface area contributed by atoms with Crippen LogP contribution in [0.5, 0.6) is 5.88 Å². The minimum Gasteiger partial charge on any atom is -0.474 e. The molecule has 2 rings (SSSR count). The van der Waals surface area contributed by atoms with E-state index in [1.807, 2.05) is 0 Å². The molecule has 118 valence electrons.